The predicted molar refractivity (Wildman–Crippen MR) is 77.6 cm³/mol. The molecule has 0 bridgehead atoms. The highest BCUT2D eigenvalue weighted by Crippen LogP contribution is 2.20. The largest absolute Gasteiger partial charge is 0.469 e. The number of nitrogens with zero attached hydrogens (tertiary/aromatic N) is 3. The summed E-state index contributed by atoms with van der Waals surface area (Å²) < 4.78 is 5.69. The molecule has 1 unspecified atom stereocenters. The average molecular weight is 284 g/mol. The van der Waals surface area contributed by atoms with Crippen molar-refractivity contribution >= 4 is 11.3 Å². The van der Waals surface area contributed by atoms with Gasteiger partial charge in [-0.05, 0) is 32.9 Å². The van der Waals surface area contributed by atoms with E-state index in [2.05, 4.69) is 41.3 Å². The lowest BCUT2D eigenvalue weighted by molar-refractivity contribution is 0.232. The van der Waals surface area contributed by atoms with Gasteiger partial charge in [-0.15, -0.1) is 10.2 Å². The summed E-state index contributed by atoms with van der Waals surface area (Å²) in [6, 6.07) is 1.14. The van der Waals surface area contributed by atoms with E-state index in [1.54, 1.807) is 0 Å². The van der Waals surface area contributed by atoms with Gasteiger partial charge < -0.3 is 15.0 Å². The molecule has 2 rings (SSSR count). The molecule has 0 radical (unpaired) electrons. The summed E-state index contributed by atoms with van der Waals surface area (Å²) in [7, 11) is 2.19. The van der Waals surface area contributed by atoms with Gasteiger partial charge in [0.1, 0.15) is 5.01 Å². The Morgan fingerprint density at radius 2 is 2.32 bits per heavy atom. The molecule has 0 amide bonds. The lowest BCUT2D eigenvalue weighted by Gasteiger charge is -2.18. The zero-order valence-electron chi connectivity index (χ0n) is 12.1. The number of nitrogens with one attached hydrogen (secondary N) is 1. The summed E-state index contributed by atoms with van der Waals surface area (Å²) >= 11 is 1.54. The van der Waals surface area contributed by atoms with Crippen molar-refractivity contribution in [2.45, 2.75) is 51.7 Å². The fourth-order valence-electron chi connectivity index (χ4n) is 2.29. The number of hydrogen-bond donors (Lipinski definition) is 1. The van der Waals surface area contributed by atoms with E-state index in [1.807, 2.05) is 0 Å². The van der Waals surface area contributed by atoms with E-state index in [0.29, 0.717) is 17.3 Å². The van der Waals surface area contributed by atoms with E-state index in [1.165, 1.54) is 30.7 Å². The Kier molecular flexibility index (Phi) is 5.54. The van der Waals surface area contributed by atoms with Crippen LogP contribution < -0.4 is 10.1 Å². The maximum Gasteiger partial charge on any atom is 0.294 e. The van der Waals surface area contributed by atoms with Crippen LogP contribution in [0.1, 0.15) is 38.1 Å². The molecule has 1 aliphatic rings. The van der Waals surface area contributed by atoms with Crippen molar-refractivity contribution in [3.05, 3.63) is 5.01 Å². The molecule has 1 saturated heterocycles. The highest BCUT2D eigenvalue weighted by Gasteiger charge is 2.20. The first-order valence-electron chi connectivity index (χ1n) is 7.04. The Hall–Kier alpha value is -0.720. The number of rotatable bonds is 7. The molecule has 1 aromatic heterocycles. The van der Waals surface area contributed by atoms with Crippen LogP contribution in [0.25, 0.3) is 0 Å². The molecule has 0 aliphatic carbocycles. The molecular formula is C13H24N4OS. The summed E-state index contributed by atoms with van der Waals surface area (Å²) in [6.07, 6.45) is 3.68. The SMILES string of the molecule is CC(C)NCc1nnc(OCCC2CCCN2C)s1. The van der Waals surface area contributed by atoms with Gasteiger partial charge in [0.05, 0.1) is 13.2 Å². The first-order chi connectivity index (χ1) is 9.15. The van der Waals surface area contributed by atoms with E-state index >= 15 is 0 Å². The summed E-state index contributed by atoms with van der Waals surface area (Å²) in [4.78, 5) is 2.42. The van der Waals surface area contributed by atoms with Gasteiger partial charge in [-0.1, -0.05) is 25.2 Å². The van der Waals surface area contributed by atoms with E-state index in [9.17, 15) is 0 Å². The maximum absolute atomic E-state index is 5.69. The molecule has 1 atom stereocenters. The third kappa shape index (κ3) is 4.71. The van der Waals surface area contributed by atoms with Crippen LogP contribution in [0.15, 0.2) is 0 Å². The van der Waals surface area contributed by atoms with Crippen LogP contribution in [0, 0.1) is 0 Å². The molecule has 1 N–H and O–H groups in total. The molecule has 1 aromatic rings. The fourth-order valence-corrected chi connectivity index (χ4v) is 2.95. The minimum Gasteiger partial charge on any atom is -0.469 e. The van der Waals surface area contributed by atoms with Gasteiger partial charge >= 0.3 is 0 Å². The standard InChI is InChI=1S/C13H24N4OS/c1-10(2)14-9-12-15-16-13(19-12)18-8-6-11-5-4-7-17(11)3/h10-11,14H,4-9H2,1-3H3. The quantitative estimate of drug-likeness (QED) is 0.829. The van der Waals surface area contributed by atoms with Gasteiger partial charge in [0.25, 0.3) is 5.19 Å². The van der Waals surface area contributed by atoms with E-state index < -0.39 is 0 Å². The van der Waals surface area contributed by atoms with E-state index in [0.717, 1.165) is 24.6 Å². The van der Waals surface area contributed by atoms with Crippen molar-refractivity contribution in [2.75, 3.05) is 20.2 Å². The third-order valence-electron chi connectivity index (χ3n) is 3.46. The lowest BCUT2D eigenvalue weighted by atomic mass is 10.2. The number of ether oxygens (including phenoxy) is 1. The molecule has 0 spiro atoms. The molecule has 108 valence electrons. The van der Waals surface area contributed by atoms with Crippen molar-refractivity contribution in [3.8, 4) is 5.19 Å². The van der Waals surface area contributed by atoms with Gasteiger partial charge in [0.15, 0.2) is 0 Å². The molecule has 0 aromatic carbocycles. The number of aromatic nitrogens is 2. The zero-order valence-corrected chi connectivity index (χ0v) is 12.9. The molecule has 5 nitrogen and oxygen atoms in total. The van der Waals surface area contributed by atoms with Crippen LogP contribution in [-0.2, 0) is 6.54 Å². The second kappa shape index (κ2) is 7.17. The second-order valence-corrected chi connectivity index (χ2v) is 6.44. The summed E-state index contributed by atoms with van der Waals surface area (Å²) in [5.41, 5.74) is 0. The van der Waals surface area contributed by atoms with Gasteiger partial charge in [-0.3, -0.25) is 0 Å². The van der Waals surface area contributed by atoms with Crippen molar-refractivity contribution in [2.24, 2.45) is 0 Å². The van der Waals surface area contributed by atoms with Crippen molar-refractivity contribution in [1.82, 2.24) is 20.4 Å². The predicted octanol–water partition coefficient (Wildman–Crippen LogP) is 1.90. The Bertz CT molecular complexity index is 382. The molecule has 0 saturated carbocycles. The van der Waals surface area contributed by atoms with Crippen LogP contribution in [0.4, 0.5) is 0 Å². The maximum atomic E-state index is 5.69. The summed E-state index contributed by atoms with van der Waals surface area (Å²) in [6.45, 7) is 6.97. The number of hydrogen-bond acceptors (Lipinski definition) is 6. The molecular weight excluding hydrogens is 260 g/mol. The Morgan fingerprint density at radius 3 is 3.00 bits per heavy atom. The Balaban J connectivity index is 1.68. The normalized spacial score (nSPS) is 20.3. The minimum atomic E-state index is 0.464. The summed E-state index contributed by atoms with van der Waals surface area (Å²) in [5, 5.41) is 13.2. The second-order valence-electron chi connectivity index (χ2n) is 5.41. The van der Waals surface area contributed by atoms with Crippen LogP contribution in [0.3, 0.4) is 0 Å². The first-order valence-corrected chi connectivity index (χ1v) is 7.85. The van der Waals surface area contributed by atoms with Gasteiger partial charge in [0, 0.05) is 12.1 Å². The van der Waals surface area contributed by atoms with E-state index in [4.69, 9.17) is 4.74 Å². The third-order valence-corrected chi connectivity index (χ3v) is 4.29. The fraction of sp³-hybridized carbons (Fsp3) is 0.846. The topological polar surface area (TPSA) is 50.3 Å². The van der Waals surface area contributed by atoms with Gasteiger partial charge in [-0.25, -0.2) is 0 Å². The minimum absolute atomic E-state index is 0.464. The smallest absolute Gasteiger partial charge is 0.294 e. The van der Waals surface area contributed by atoms with Crippen molar-refractivity contribution in [1.29, 1.82) is 0 Å². The highest BCUT2D eigenvalue weighted by atomic mass is 32.1. The molecule has 19 heavy (non-hydrogen) atoms. The van der Waals surface area contributed by atoms with Crippen molar-refractivity contribution in [3.63, 3.8) is 0 Å². The molecule has 6 heteroatoms. The molecule has 1 fully saturated rings. The van der Waals surface area contributed by atoms with Crippen molar-refractivity contribution < 1.29 is 4.74 Å². The number of likely N-dealkylation sites (tertiary alicyclic amines) is 1. The van der Waals surface area contributed by atoms with Gasteiger partial charge in [-0.2, -0.15) is 0 Å². The van der Waals surface area contributed by atoms with Crippen LogP contribution in [-0.4, -0.2) is 47.4 Å². The Morgan fingerprint density at radius 1 is 1.47 bits per heavy atom. The first kappa shape index (κ1) is 14.7. The lowest BCUT2D eigenvalue weighted by Crippen LogP contribution is -2.26. The van der Waals surface area contributed by atoms with E-state index in [-0.39, 0.29) is 0 Å². The van der Waals surface area contributed by atoms with Crippen LogP contribution in [0.5, 0.6) is 5.19 Å². The summed E-state index contributed by atoms with van der Waals surface area (Å²) in [5.74, 6) is 0. The molecule has 1 aliphatic heterocycles. The average Bonchev–Trinajstić information content (AvgIpc) is 2.97. The monoisotopic (exact) mass is 284 g/mol. The Labute approximate surface area is 119 Å². The molecule has 2 heterocycles. The van der Waals surface area contributed by atoms with Crippen LogP contribution in [0.2, 0.25) is 0 Å². The van der Waals surface area contributed by atoms with Gasteiger partial charge in [0.2, 0.25) is 0 Å². The highest BCUT2D eigenvalue weighted by molar-refractivity contribution is 7.13. The van der Waals surface area contributed by atoms with Crippen LogP contribution >= 0.6 is 11.3 Å². The zero-order chi connectivity index (χ0) is 13.7.